The number of carbonyl (C=O) groups is 1. The molecule has 0 fully saturated rings. The molecule has 1 aromatic heterocycles. The monoisotopic (exact) mass is 369 g/mol. The molecule has 7 heteroatoms. The molecule has 0 aliphatic carbocycles. The number of hydrogen-bond acceptors (Lipinski definition) is 5. The molecule has 5 nitrogen and oxygen atoms in total. The van der Waals surface area contributed by atoms with Crippen molar-refractivity contribution in [2.24, 2.45) is 0 Å². The molecule has 3 aromatic rings. The third kappa shape index (κ3) is 2.80. The number of amides is 1. The summed E-state index contributed by atoms with van der Waals surface area (Å²) in [5.74, 6) is 0.128. The molecule has 0 spiro atoms. The van der Waals surface area contributed by atoms with Crippen molar-refractivity contribution in [3.05, 3.63) is 46.6 Å². The molecule has 2 heterocycles. The van der Waals surface area contributed by atoms with Crippen LogP contribution in [0.5, 0.6) is 5.75 Å². The first-order valence-electron chi connectivity index (χ1n) is 8.01. The van der Waals surface area contributed by atoms with Gasteiger partial charge in [0.2, 0.25) is 0 Å². The fourth-order valence-corrected chi connectivity index (χ4v) is 3.88. The molecule has 1 aliphatic heterocycles. The summed E-state index contributed by atoms with van der Waals surface area (Å²) < 4.78 is 19.2. The van der Waals surface area contributed by atoms with Crippen LogP contribution in [0.4, 0.5) is 15.8 Å². The molecular formula is C19H16FN3O2S. The topological polar surface area (TPSA) is 77.2 Å². The average molecular weight is 369 g/mol. The number of aryl methyl sites for hydroxylation is 1. The lowest BCUT2D eigenvalue weighted by atomic mass is 9.99. The van der Waals surface area contributed by atoms with E-state index in [1.165, 1.54) is 23.5 Å². The summed E-state index contributed by atoms with van der Waals surface area (Å²) in [6, 6.07) is 6.38. The van der Waals surface area contributed by atoms with Crippen LogP contribution in [0.25, 0.3) is 21.8 Å². The van der Waals surface area contributed by atoms with Crippen molar-refractivity contribution in [2.45, 2.75) is 13.8 Å². The van der Waals surface area contributed by atoms with E-state index < -0.39 is 5.82 Å². The maximum atomic E-state index is 13.6. The van der Waals surface area contributed by atoms with E-state index in [1.807, 2.05) is 25.3 Å². The summed E-state index contributed by atoms with van der Waals surface area (Å²) in [4.78, 5) is 16.3. The summed E-state index contributed by atoms with van der Waals surface area (Å²) >= 11 is 1.42. The summed E-state index contributed by atoms with van der Waals surface area (Å²) in [5.41, 5.74) is 10.9. The van der Waals surface area contributed by atoms with E-state index in [1.54, 1.807) is 6.07 Å². The summed E-state index contributed by atoms with van der Waals surface area (Å²) in [6.45, 7) is 3.87. The SMILES string of the molecule is Cc1cc(-c2csc(-c3cc(N)cc(F)c3)n2)c(C)c2c1OCC(=O)N2. The summed E-state index contributed by atoms with van der Waals surface area (Å²) in [7, 11) is 0. The third-order valence-electron chi connectivity index (χ3n) is 4.28. The van der Waals surface area contributed by atoms with Crippen LogP contribution >= 0.6 is 11.3 Å². The Hall–Kier alpha value is -2.93. The molecule has 1 aliphatic rings. The van der Waals surface area contributed by atoms with Crippen molar-refractivity contribution in [1.29, 1.82) is 0 Å². The van der Waals surface area contributed by atoms with E-state index >= 15 is 0 Å². The van der Waals surface area contributed by atoms with E-state index in [0.29, 0.717) is 27.7 Å². The number of nitrogens with zero attached hydrogens (tertiary/aromatic N) is 1. The van der Waals surface area contributed by atoms with Crippen LogP contribution in [0.2, 0.25) is 0 Å². The Morgan fingerprint density at radius 2 is 2.08 bits per heavy atom. The Labute approximate surface area is 153 Å². The Balaban J connectivity index is 1.80. The normalized spacial score (nSPS) is 13.1. The van der Waals surface area contributed by atoms with Gasteiger partial charge >= 0.3 is 0 Å². The van der Waals surface area contributed by atoms with Gasteiger partial charge in [0.15, 0.2) is 6.61 Å². The average Bonchev–Trinajstić information content (AvgIpc) is 3.07. The van der Waals surface area contributed by atoms with Gasteiger partial charge in [-0.1, -0.05) is 0 Å². The van der Waals surface area contributed by atoms with Crippen LogP contribution in [0.3, 0.4) is 0 Å². The number of rotatable bonds is 2. The highest BCUT2D eigenvalue weighted by molar-refractivity contribution is 7.13. The van der Waals surface area contributed by atoms with Crippen LogP contribution in [-0.2, 0) is 4.79 Å². The third-order valence-corrected chi connectivity index (χ3v) is 5.18. The van der Waals surface area contributed by atoms with E-state index in [0.717, 1.165) is 22.4 Å². The number of nitrogens with one attached hydrogen (secondary N) is 1. The lowest BCUT2D eigenvalue weighted by Crippen LogP contribution is -2.26. The zero-order valence-corrected chi connectivity index (χ0v) is 15.0. The predicted molar refractivity (Wildman–Crippen MR) is 101 cm³/mol. The molecule has 4 rings (SSSR count). The molecule has 2 aromatic carbocycles. The van der Waals surface area contributed by atoms with Crippen LogP contribution in [0, 0.1) is 19.7 Å². The Bertz CT molecular complexity index is 1030. The maximum absolute atomic E-state index is 13.6. The zero-order chi connectivity index (χ0) is 18.4. The van der Waals surface area contributed by atoms with Crippen LogP contribution in [0.15, 0.2) is 29.6 Å². The number of nitrogen functional groups attached to an aromatic ring is 1. The van der Waals surface area contributed by atoms with Gasteiger partial charge in [-0.05, 0) is 49.2 Å². The number of halogens is 1. The smallest absolute Gasteiger partial charge is 0.262 e. The zero-order valence-electron chi connectivity index (χ0n) is 14.2. The number of nitrogens with two attached hydrogens (primary N) is 1. The van der Waals surface area contributed by atoms with E-state index in [-0.39, 0.29) is 12.5 Å². The van der Waals surface area contributed by atoms with Gasteiger partial charge in [-0.3, -0.25) is 4.79 Å². The van der Waals surface area contributed by atoms with Crippen LogP contribution in [-0.4, -0.2) is 17.5 Å². The first-order chi connectivity index (χ1) is 12.4. The standard InChI is InChI=1S/C19H16FN3O2S/c1-9-3-14(10(2)17-18(9)25-7-16(24)23-17)15-8-26-19(22-15)11-4-12(20)6-13(21)5-11/h3-6,8H,7,21H2,1-2H3,(H,23,24). The molecule has 3 N–H and O–H groups in total. The molecule has 1 amide bonds. The summed E-state index contributed by atoms with van der Waals surface area (Å²) in [6.07, 6.45) is 0. The van der Waals surface area contributed by atoms with Gasteiger partial charge in [0.1, 0.15) is 16.6 Å². The number of ether oxygens (including phenoxy) is 1. The maximum Gasteiger partial charge on any atom is 0.262 e. The minimum Gasteiger partial charge on any atom is -0.481 e. The highest BCUT2D eigenvalue weighted by Gasteiger charge is 2.23. The van der Waals surface area contributed by atoms with Gasteiger partial charge in [-0.2, -0.15) is 0 Å². The lowest BCUT2D eigenvalue weighted by Gasteiger charge is -2.23. The highest BCUT2D eigenvalue weighted by Crippen LogP contribution is 2.41. The minimum atomic E-state index is -0.391. The van der Waals surface area contributed by atoms with Crippen molar-refractivity contribution in [3.8, 4) is 27.6 Å². The highest BCUT2D eigenvalue weighted by atomic mass is 32.1. The number of benzene rings is 2. The van der Waals surface area contributed by atoms with Gasteiger partial charge in [0, 0.05) is 22.2 Å². The number of carbonyl (C=O) groups excluding carboxylic acids is 1. The Morgan fingerprint density at radius 1 is 1.27 bits per heavy atom. The Morgan fingerprint density at radius 3 is 2.85 bits per heavy atom. The number of anilines is 2. The van der Waals surface area contributed by atoms with Crippen molar-refractivity contribution in [1.82, 2.24) is 4.98 Å². The molecule has 26 heavy (non-hydrogen) atoms. The van der Waals surface area contributed by atoms with Crippen molar-refractivity contribution in [2.75, 3.05) is 17.7 Å². The van der Waals surface area contributed by atoms with Gasteiger partial charge < -0.3 is 15.8 Å². The molecular weight excluding hydrogens is 353 g/mol. The first-order valence-corrected chi connectivity index (χ1v) is 8.89. The van der Waals surface area contributed by atoms with E-state index in [2.05, 4.69) is 10.3 Å². The van der Waals surface area contributed by atoms with Gasteiger partial charge in [-0.25, -0.2) is 9.37 Å². The van der Waals surface area contributed by atoms with E-state index in [9.17, 15) is 9.18 Å². The molecule has 0 radical (unpaired) electrons. The van der Waals surface area contributed by atoms with Gasteiger partial charge in [0.05, 0.1) is 11.4 Å². The van der Waals surface area contributed by atoms with Crippen molar-refractivity contribution < 1.29 is 13.9 Å². The fourth-order valence-electron chi connectivity index (χ4n) is 3.07. The van der Waals surface area contributed by atoms with Gasteiger partial charge in [0.25, 0.3) is 5.91 Å². The number of aromatic nitrogens is 1. The predicted octanol–water partition coefficient (Wildman–Crippen LogP) is 4.15. The summed E-state index contributed by atoms with van der Waals surface area (Å²) in [5, 5.41) is 5.47. The first kappa shape index (κ1) is 16.5. The number of fused-ring (bicyclic) bond motifs is 1. The molecule has 0 saturated carbocycles. The fraction of sp³-hybridized carbons (Fsp3) is 0.158. The lowest BCUT2D eigenvalue weighted by molar-refractivity contribution is -0.118. The second-order valence-electron chi connectivity index (χ2n) is 6.22. The largest absolute Gasteiger partial charge is 0.481 e. The van der Waals surface area contributed by atoms with Crippen LogP contribution < -0.4 is 15.8 Å². The van der Waals surface area contributed by atoms with Crippen molar-refractivity contribution in [3.63, 3.8) is 0 Å². The second-order valence-corrected chi connectivity index (χ2v) is 7.08. The molecule has 0 atom stereocenters. The quantitative estimate of drug-likeness (QED) is 0.666. The van der Waals surface area contributed by atoms with Gasteiger partial charge in [-0.15, -0.1) is 11.3 Å². The minimum absolute atomic E-state index is 0.0223. The van der Waals surface area contributed by atoms with E-state index in [4.69, 9.17) is 10.5 Å². The van der Waals surface area contributed by atoms with Crippen molar-refractivity contribution >= 4 is 28.6 Å². The molecule has 132 valence electrons. The Kier molecular flexibility index (Phi) is 3.88. The van der Waals surface area contributed by atoms with Crippen LogP contribution in [0.1, 0.15) is 11.1 Å². The molecule has 0 unspecified atom stereocenters. The second kappa shape index (κ2) is 6.10. The number of hydrogen-bond donors (Lipinski definition) is 2. The molecule has 0 bridgehead atoms. The number of thiazole rings is 1. The molecule has 0 saturated heterocycles.